The Kier molecular flexibility index (Phi) is 5.00. The van der Waals surface area contributed by atoms with E-state index < -0.39 is 0 Å². The van der Waals surface area contributed by atoms with Crippen molar-refractivity contribution in [3.8, 4) is 0 Å². The number of aliphatic hydroxyl groups excluding tert-OH is 1. The van der Waals surface area contributed by atoms with Gasteiger partial charge in [-0.3, -0.25) is 0 Å². The summed E-state index contributed by atoms with van der Waals surface area (Å²) in [5, 5.41) is 10.3. The Morgan fingerprint density at radius 2 is 1.63 bits per heavy atom. The number of benzene rings is 1. The van der Waals surface area contributed by atoms with Gasteiger partial charge >= 0.3 is 0 Å². The largest absolute Gasteiger partial charge is 0.387 e. The van der Waals surface area contributed by atoms with Crippen LogP contribution in [-0.4, -0.2) is 29.6 Å². The summed E-state index contributed by atoms with van der Waals surface area (Å²) in [6.07, 6.45) is 4.89. The Labute approximate surface area is 117 Å². The molecule has 0 saturated heterocycles. The lowest BCUT2D eigenvalue weighted by atomic mass is 10.00. The Morgan fingerprint density at radius 1 is 1.11 bits per heavy atom. The normalized spacial score (nSPS) is 18.4. The van der Waals surface area contributed by atoms with Crippen molar-refractivity contribution in [2.75, 3.05) is 13.6 Å². The molecule has 0 aliphatic heterocycles. The summed E-state index contributed by atoms with van der Waals surface area (Å²) in [6, 6.07) is 9.09. The lowest BCUT2D eigenvalue weighted by molar-refractivity contribution is 0.105. The molecule has 1 unspecified atom stereocenters. The molecule has 1 aliphatic rings. The molecule has 106 valence electrons. The van der Waals surface area contributed by atoms with Gasteiger partial charge < -0.3 is 10.0 Å². The molecule has 19 heavy (non-hydrogen) atoms. The summed E-state index contributed by atoms with van der Waals surface area (Å²) in [6.45, 7) is 5.13. The number of hydrogen-bond donors (Lipinski definition) is 1. The van der Waals surface area contributed by atoms with Crippen molar-refractivity contribution < 1.29 is 5.11 Å². The third-order valence-electron chi connectivity index (χ3n) is 4.40. The molecule has 1 atom stereocenters. The van der Waals surface area contributed by atoms with Gasteiger partial charge in [-0.25, -0.2) is 0 Å². The van der Waals surface area contributed by atoms with E-state index in [0.717, 1.165) is 12.1 Å². The van der Waals surface area contributed by atoms with Crippen LogP contribution in [0.2, 0.25) is 0 Å². The number of hydrogen-bond acceptors (Lipinski definition) is 2. The lowest BCUT2D eigenvalue weighted by Crippen LogP contribution is -2.33. The molecule has 0 spiro atoms. The van der Waals surface area contributed by atoms with Gasteiger partial charge in [-0.1, -0.05) is 51.0 Å². The topological polar surface area (TPSA) is 23.5 Å². The maximum Gasteiger partial charge on any atom is 0.0916 e. The third kappa shape index (κ3) is 3.80. The van der Waals surface area contributed by atoms with Crippen molar-refractivity contribution in [3.05, 3.63) is 35.4 Å². The van der Waals surface area contributed by atoms with Gasteiger partial charge in [0, 0.05) is 12.6 Å². The predicted octanol–water partition coefficient (Wildman–Crippen LogP) is 3.72. The van der Waals surface area contributed by atoms with Gasteiger partial charge in [0.2, 0.25) is 0 Å². The summed E-state index contributed by atoms with van der Waals surface area (Å²) in [5.74, 6) is 0.548. The fraction of sp³-hybridized carbons (Fsp3) is 0.647. The zero-order chi connectivity index (χ0) is 13.8. The van der Waals surface area contributed by atoms with E-state index in [0.29, 0.717) is 12.0 Å². The van der Waals surface area contributed by atoms with E-state index in [1.54, 1.807) is 0 Å². The molecule has 0 radical (unpaired) electrons. The third-order valence-corrected chi connectivity index (χ3v) is 4.40. The first kappa shape index (κ1) is 14.5. The van der Waals surface area contributed by atoms with Gasteiger partial charge in [0.25, 0.3) is 0 Å². The SMILES string of the molecule is CC(C)c1ccc(C(O)CN(C)C2CCCC2)cc1. The average molecular weight is 261 g/mol. The maximum absolute atomic E-state index is 10.3. The van der Waals surface area contributed by atoms with Crippen LogP contribution in [0.5, 0.6) is 0 Å². The number of rotatable bonds is 5. The predicted molar refractivity (Wildman–Crippen MR) is 80.4 cm³/mol. The summed E-state index contributed by atoms with van der Waals surface area (Å²) < 4.78 is 0. The second-order valence-corrected chi connectivity index (χ2v) is 6.22. The lowest BCUT2D eigenvalue weighted by Gasteiger charge is -2.26. The number of likely N-dealkylation sites (N-methyl/N-ethyl adjacent to an activating group) is 1. The van der Waals surface area contributed by atoms with Gasteiger partial charge in [-0.2, -0.15) is 0 Å². The van der Waals surface area contributed by atoms with E-state index >= 15 is 0 Å². The molecule has 0 heterocycles. The van der Waals surface area contributed by atoms with E-state index in [9.17, 15) is 5.11 Å². The first-order chi connectivity index (χ1) is 9.08. The van der Waals surface area contributed by atoms with Gasteiger partial charge in [0.1, 0.15) is 0 Å². The van der Waals surface area contributed by atoms with Crippen molar-refractivity contribution in [3.63, 3.8) is 0 Å². The molecule has 0 amide bonds. The Hall–Kier alpha value is -0.860. The molecule has 2 heteroatoms. The number of aliphatic hydroxyl groups is 1. The summed E-state index contributed by atoms with van der Waals surface area (Å²) in [7, 11) is 2.14. The molecule has 1 saturated carbocycles. The van der Waals surface area contributed by atoms with Gasteiger partial charge in [0.15, 0.2) is 0 Å². The Bertz CT molecular complexity index is 379. The molecule has 0 aromatic heterocycles. The highest BCUT2D eigenvalue weighted by Gasteiger charge is 2.21. The van der Waals surface area contributed by atoms with Crippen molar-refractivity contribution in [1.29, 1.82) is 0 Å². The highest BCUT2D eigenvalue weighted by molar-refractivity contribution is 5.26. The zero-order valence-corrected chi connectivity index (χ0v) is 12.5. The molecule has 1 aliphatic carbocycles. The smallest absolute Gasteiger partial charge is 0.0916 e. The minimum Gasteiger partial charge on any atom is -0.387 e. The molecule has 1 aromatic rings. The quantitative estimate of drug-likeness (QED) is 0.873. The molecule has 1 aromatic carbocycles. The average Bonchev–Trinajstić information content (AvgIpc) is 2.92. The van der Waals surface area contributed by atoms with Crippen LogP contribution >= 0.6 is 0 Å². The molecular formula is C17H27NO. The van der Waals surface area contributed by atoms with Gasteiger partial charge in [-0.15, -0.1) is 0 Å². The first-order valence-corrected chi connectivity index (χ1v) is 7.56. The zero-order valence-electron chi connectivity index (χ0n) is 12.5. The molecule has 1 N–H and O–H groups in total. The second kappa shape index (κ2) is 6.53. The van der Waals surface area contributed by atoms with Crippen LogP contribution in [-0.2, 0) is 0 Å². The molecular weight excluding hydrogens is 234 g/mol. The minimum absolute atomic E-state index is 0.369. The highest BCUT2D eigenvalue weighted by atomic mass is 16.3. The van der Waals surface area contributed by atoms with Crippen molar-refractivity contribution >= 4 is 0 Å². The fourth-order valence-corrected chi connectivity index (χ4v) is 2.98. The number of nitrogens with zero attached hydrogens (tertiary/aromatic N) is 1. The van der Waals surface area contributed by atoms with E-state index in [-0.39, 0.29) is 6.10 Å². The van der Waals surface area contributed by atoms with E-state index in [2.05, 4.69) is 50.1 Å². The van der Waals surface area contributed by atoms with Crippen LogP contribution in [0.1, 0.15) is 62.7 Å². The van der Waals surface area contributed by atoms with Crippen molar-refractivity contribution in [2.24, 2.45) is 0 Å². The molecule has 2 rings (SSSR count). The summed E-state index contributed by atoms with van der Waals surface area (Å²) in [5.41, 5.74) is 2.37. The monoisotopic (exact) mass is 261 g/mol. The minimum atomic E-state index is -0.369. The summed E-state index contributed by atoms with van der Waals surface area (Å²) in [4.78, 5) is 2.33. The Balaban J connectivity index is 1.93. The van der Waals surface area contributed by atoms with Crippen LogP contribution in [0.3, 0.4) is 0 Å². The summed E-state index contributed by atoms with van der Waals surface area (Å²) >= 11 is 0. The highest BCUT2D eigenvalue weighted by Crippen LogP contribution is 2.25. The van der Waals surface area contributed by atoms with Crippen LogP contribution < -0.4 is 0 Å². The Morgan fingerprint density at radius 3 is 2.16 bits per heavy atom. The maximum atomic E-state index is 10.3. The van der Waals surface area contributed by atoms with Crippen LogP contribution in [0.4, 0.5) is 0 Å². The van der Waals surface area contributed by atoms with Crippen LogP contribution in [0.25, 0.3) is 0 Å². The molecule has 0 bridgehead atoms. The standard InChI is InChI=1S/C17H27NO/c1-13(2)14-8-10-15(11-9-14)17(19)12-18(3)16-6-4-5-7-16/h8-11,13,16-17,19H,4-7,12H2,1-3H3. The van der Waals surface area contributed by atoms with E-state index in [1.165, 1.54) is 31.2 Å². The van der Waals surface area contributed by atoms with Crippen LogP contribution in [0, 0.1) is 0 Å². The second-order valence-electron chi connectivity index (χ2n) is 6.22. The van der Waals surface area contributed by atoms with E-state index in [1.807, 2.05) is 0 Å². The van der Waals surface area contributed by atoms with Gasteiger partial charge in [0.05, 0.1) is 6.10 Å². The fourth-order valence-electron chi connectivity index (χ4n) is 2.98. The molecule has 1 fully saturated rings. The van der Waals surface area contributed by atoms with Crippen molar-refractivity contribution in [2.45, 2.75) is 57.6 Å². The van der Waals surface area contributed by atoms with Crippen LogP contribution in [0.15, 0.2) is 24.3 Å². The van der Waals surface area contributed by atoms with Crippen molar-refractivity contribution in [1.82, 2.24) is 4.90 Å². The van der Waals surface area contributed by atoms with E-state index in [4.69, 9.17) is 0 Å². The molecule has 2 nitrogen and oxygen atoms in total. The van der Waals surface area contributed by atoms with Gasteiger partial charge in [-0.05, 0) is 36.9 Å². The first-order valence-electron chi connectivity index (χ1n) is 7.56.